The highest BCUT2D eigenvalue weighted by molar-refractivity contribution is 7.89. The van der Waals surface area contributed by atoms with E-state index in [1.54, 1.807) is 0 Å². The number of fused-ring (bicyclic) bond motifs is 12. The SMILES string of the molecule is CC1C=CC2=C(C1)S(=O)c1c(ccc3c1-c1ccccc1C31c3ccccc3N(c3ccccc3)c3ccccc31)N2c1ccc(-c2cccc3ccccc23)cc1. The molecule has 3 nitrogen and oxygen atoms in total. The van der Waals surface area contributed by atoms with Crippen molar-refractivity contribution >= 4 is 50.0 Å². The molecule has 2 heterocycles. The predicted octanol–water partition coefficient (Wildman–Crippen LogP) is 13.7. The Morgan fingerprint density at radius 2 is 1.16 bits per heavy atom. The lowest BCUT2D eigenvalue weighted by Gasteiger charge is -2.45. The first-order valence-electron chi connectivity index (χ1n) is 20.2. The molecule has 58 heavy (non-hydrogen) atoms. The van der Waals surface area contributed by atoms with Gasteiger partial charge in [-0.15, -0.1) is 0 Å². The predicted molar refractivity (Wildman–Crippen MR) is 240 cm³/mol. The average molecular weight is 763 g/mol. The first kappa shape index (κ1) is 33.4. The van der Waals surface area contributed by atoms with Crippen molar-refractivity contribution in [1.82, 2.24) is 0 Å². The summed E-state index contributed by atoms with van der Waals surface area (Å²) in [6.07, 6.45) is 5.22. The minimum Gasteiger partial charge on any atom is -0.310 e. The number of nitrogens with zero attached hydrogens (tertiary/aromatic N) is 2. The maximum absolute atomic E-state index is 15.5. The summed E-state index contributed by atoms with van der Waals surface area (Å²) >= 11 is 0. The van der Waals surface area contributed by atoms with E-state index in [-0.39, 0.29) is 5.92 Å². The summed E-state index contributed by atoms with van der Waals surface area (Å²) in [6.45, 7) is 2.23. The molecule has 0 aromatic heterocycles. The molecule has 0 saturated heterocycles. The lowest BCUT2D eigenvalue weighted by Crippen LogP contribution is -2.36. The van der Waals surface area contributed by atoms with Gasteiger partial charge in [-0.2, -0.15) is 0 Å². The summed E-state index contributed by atoms with van der Waals surface area (Å²) in [5, 5.41) is 2.47. The summed E-state index contributed by atoms with van der Waals surface area (Å²) < 4.78 is 15.5. The molecule has 276 valence electrons. The molecule has 8 aromatic rings. The number of allylic oxidation sites excluding steroid dienone is 3. The zero-order valence-corrected chi connectivity index (χ0v) is 32.8. The second-order valence-corrected chi connectivity index (χ2v) is 17.3. The standard InChI is InChI=1S/C54H38N2OS/c1-35-26-32-49-51(34-35)58(57)53-50(56(49)39-29-27-37(28-30-39)41-20-13-15-36-14-5-6-18-40(36)41)33-31-46-52(53)42-19-7-8-21-43(42)54(46)44-22-9-11-24-47(44)55(38-16-3-2-4-17-38)48-25-12-10-23-45(48)54/h2-33,35H,34H2,1H3. The van der Waals surface area contributed by atoms with Crippen LogP contribution >= 0.6 is 0 Å². The Morgan fingerprint density at radius 1 is 0.534 bits per heavy atom. The van der Waals surface area contributed by atoms with Crippen LogP contribution in [-0.2, 0) is 16.2 Å². The van der Waals surface area contributed by atoms with Crippen molar-refractivity contribution in [3.63, 3.8) is 0 Å². The van der Waals surface area contributed by atoms with E-state index < -0.39 is 16.2 Å². The summed E-state index contributed by atoms with van der Waals surface area (Å²) in [6, 6.07) is 66.0. The Labute approximate surface area is 341 Å². The summed E-state index contributed by atoms with van der Waals surface area (Å²) in [7, 11) is -1.38. The van der Waals surface area contributed by atoms with Gasteiger partial charge in [0.05, 0.1) is 43.9 Å². The van der Waals surface area contributed by atoms with Crippen LogP contribution in [0.25, 0.3) is 33.0 Å². The molecule has 8 aromatic carbocycles. The molecule has 1 spiro atoms. The van der Waals surface area contributed by atoms with Crippen LogP contribution in [0.3, 0.4) is 0 Å². The van der Waals surface area contributed by atoms with Gasteiger partial charge < -0.3 is 9.80 Å². The Bertz CT molecular complexity index is 3040. The smallest absolute Gasteiger partial charge is 0.0857 e. The maximum Gasteiger partial charge on any atom is 0.0857 e. The van der Waals surface area contributed by atoms with Crippen molar-refractivity contribution in [2.24, 2.45) is 5.92 Å². The van der Waals surface area contributed by atoms with Crippen LogP contribution in [0.4, 0.5) is 28.4 Å². The van der Waals surface area contributed by atoms with Crippen molar-refractivity contribution in [2.75, 3.05) is 9.80 Å². The third-order valence-corrected chi connectivity index (χ3v) is 14.4. The number of rotatable bonds is 3. The Kier molecular flexibility index (Phi) is 7.27. The van der Waals surface area contributed by atoms with Gasteiger partial charge in [-0.3, -0.25) is 0 Å². The fourth-order valence-electron chi connectivity index (χ4n) is 10.4. The van der Waals surface area contributed by atoms with Crippen LogP contribution in [0, 0.1) is 5.92 Å². The molecule has 4 heteroatoms. The lowest BCUT2D eigenvalue weighted by molar-refractivity contribution is 0.671. The van der Waals surface area contributed by atoms with E-state index in [0.29, 0.717) is 0 Å². The number of hydrogen-bond donors (Lipinski definition) is 0. The van der Waals surface area contributed by atoms with Crippen LogP contribution in [0.15, 0.2) is 210 Å². The zero-order chi connectivity index (χ0) is 38.5. The van der Waals surface area contributed by atoms with E-state index in [4.69, 9.17) is 0 Å². The van der Waals surface area contributed by atoms with Crippen molar-refractivity contribution < 1.29 is 4.21 Å². The molecule has 2 aliphatic heterocycles. The van der Waals surface area contributed by atoms with Gasteiger partial charge in [-0.1, -0.05) is 153 Å². The fourth-order valence-corrected chi connectivity index (χ4v) is 12.1. The zero-order valence-electron chi connectivity index (χ0n) is 32.0. The maximum atomic E-state index is 15.5. The molecule has 4 aliphatic rings. The van der Waals surface area contributed by atoms with Crippen molar-refractivity contribution in [3.05, 3.63) is 227 Å². The summed E-state index contributed by atoms with van der Waals surface area (Å²) in [5.41, 5.74) is 15.3. The minimum absolute atomic E-state index is 0.288. The molecular formula is C54H38N2OS. The van der Waals surface area contributed by atoms with Gasteiger partial charge in [-0.05, 0) is 111 Å². The Balaban J connectivity index is 1.11. The monoisotopic (exact) mass is 762 g/mol. The van der Waals surface area contributed by atoms with E-state index in [9.17, 15) is 0 Å². The second-order valence-electron chi connectivity index (χ2n) is 15.9. The second kappa shape index (κ2) is 12.6. The van der Waals surface area contributed by atoms with Crippen LogP contribution in [0.1, 0.15) is 35.6 Å². The molecule has 2 atom stereocenters. The van der Waals surface area contributed by atoms with Crippen LogP contribution in [0.2, 0.25) is 0 Å². The van der Waals surface area contributed by atoms with Crippen molar-refractivity contribution in [1.29, 1.82) is 0 Å². The topological polar surface area (TPSA) is 23.6 Å². The molecule has 0 radical (unpaired) electrons. The van der Waals surface area contributed by atoms with Gasteiger partial charge in [0.1, 0.15) is 0 Å². The average Bonchev–Trinajstić information content (AvgIpc) is 3.58. The molecule has 2 aliphatic carbocycles. The number of hydrogen-bond acceptors (Lipinski definition) is 3. The molecule has 0 saturated carbocycles. The molecular weight excluding hydrogens is 725 g/mol. The van der Waals surface area contributed by atoms with E-state index in [2.05, 4.69) is 211 Å². The van der Waals surface area contributed by atoms with Crippen LogP contribution in [-0.4, -0.2) is 4.21 Å². The van der Waals surface area contributed by atoms with E-state index in [1.807, 2.05) is 0 Å². The van der Waals surface area contributed by atoms with Gasteiger partial charge >= 0.3 is 0 Å². The van der Waals surface area contributed by atoms with E-state index in [1.165, 1.54) is 44.2 Å². The molecule has 2 unspecified atom stereocenters. The highest BCUT2D eigenvalue weighted by atomic mass is 32.2. The number of benzene rings is 8. The first-order valence-corrected chi connectivity index (χ1v) is 21.3. The highest BCUT2D eigenvalue weighted by Gasteiger charge is 2.53. The van der Waals surface area contributed by atoms with E-state index >= 15 is 4.21 Å². The third kappa shape index (κ3) is 4.52. The normalized spacial score (nSPS) is 18.0. The quantitative estimate of drug-likeness (QED) is 0.179. The van der Waals surface area contributed by atoms with Crippen LogP contribution in [0.5, 0.6) is 0 Å². The van der Waals surface area contributed by atoms with Crippen molar-refractivity contribution in [3.8, 4) is 22.3 Å². The lowest BCUT2D eigenvalue weighted by atomic mass is 9.64. The van der Waals surface area contributed by atoms with Crippen molar-refractivity contribution in [2.45, 2.75) is 23.7 Å². The molecule has 0 fully saturated rings. The minimum atomic E-state index is -1.38. The molecule has 0 bridgehead atoms. The van der Waals surface area contributed by atoms with Gasteiger partial charge in [0.25, 0.3) is 0 Å². The van der Waals surface area contributed by atoms with Gasteiger partial charge in [-0.25, -0.2) is 4.21 Å². The van der Waals surface area contributed by atoms with Gasteiger partial charge in [0, 0.05) is 21.8 Å². The summed E-state index contributed by atoms with van der Waals surface area (Å²) in [4.78, 5) is 6.67. The number of para-hydroxylation sites is 3. The van der Waals surface area contributed by atoms with Gasteiger partial charge in [0.15, 0.2) is 0 Å². The molecule has 0 N–H and O–H groups in total. The summed E-state index contributed by atoms with van der Waals surface area (Å²) in [5.74, 6) is 0.288. The fraction of sp³-hybridized carbons (Fsp3) is 0.0741. The van der Waals surface area contributed by atoms with E-state index in [0.717, 1.165) is 61.5 Å². The number of anilines is 5. The van der Waals surface area contributed by atoms with Crippen LogP contribution < -0.4 is 9.80 Å². The Morgan fingerprint density at radius 3 is 1.93 bits per heavy atom. The first-order chi connectivity index (χ1) is 28.6. The molecule has 12 rings (SSSR count). The highest BCUT2D eigenvalue weighted by Crippen LogP contribution is 2.65. The molecule has 0 amide bonds. The largest absolute Gasteiger partial charge is 0.310 e. The van der Waals surface area contributed by atoms with Gasteiger partial charge in [0.2, 0.25) is 0 Å². The Hall–Kier alpha value is -6.75. The third-order valence-electron chi connectivity index (χ3n) is 12.7.